The van der Waals surface area contributed by atoms with Gasteiger partial charge in [-0.05, 0) is 56.7 Å². The predicted octanol–water partition coefficient (Wildman–Crippen LogP) is 5.47. The molecule has 6 heteroatoms. The van der Waals surface area contributed by atoms with Gasteiger partial charge in [0.25, 0.3) is 5.91 Å². The zero-order valence-electron chi connectivity index (χ0n) is 15.3. The normalized spacial score (nSPS) is 11.1. The van der Waals surface area contributed by atoms with Crippen molar-refractivity contribution in [2.24, 2.45) is 5.10 Å². The van der Waals surface area contributed by atoms with Crippen LogP contribution in [0.4, 0.5) is 0 Å². The minimum atomic E-state index is -0.351. The van der Waals surface area contributed by atoms with Gasteiger partial charge in [0, 0.05) is 27.7 Å². The fraction of sp³-hybridized carbons (Fsp3) is 0.143. The van der Waals surface area contributed by atoms with Crippen LogP contribution in [0.5, 0.6) is 0 Å². The third-order valence-corrected chi connectivity index (χ3v) is 5.11. The molecule has 0 spiro atoms. The highest BCUT2D eigenvalue weighted by atomic mass is 35.5. The van der Waals surface area contributed by atoms with E-state index in [0.29, 0.717) is 10.6 Å². The van der Waals surface area contributed by atoms with Crippen molar-refractivity contribution in [2.75, 3.05) is 0 Å². The molecule has 0 aliphatic heterocycles. The van der Waals surface area contributed by atoms with Gasteiger partial charge in [0.2, 0.25) is 0 Å². The monoisotopic (exact) mass is 399 g/mol. The van der Waals surface area contributed by atoms with E-state index >= 15 is 0 Å². The summed E-state index contributed by atoms with van der Waals surface area (Å²) in [5.74, 6) is -0.351. The van der Waals surface area contributed by atoms with Crippen LogP contribution in [0.25, 0.3) is 5.69 Å². The minimum Gasteiger partial charge on any atom is -0.318 e. The fourth-order valence-corrected chi connectivity index (χ4v) is 3.30. The molecule has 0 bridgehead atoms. The quantitative estimate of drug-likeness (QED) is 0.458. The van der Waals surface area contributed by atoms with Crippen LogP contribution in [0.15, 0.2) is 53.6 Å². The summed E-state index contributed by atoms with van der Waals surface area (Å²) >= 11 is 12.3. The lowest BCUT2D eigenvalue weighted by molar-refractivity contribution is 0.0955. The smallest absolute Gasteiger partial charge is 0.272 e. The van der Waals surface area contributed by atoms with Crippen LogP contribution in [0.3, 0.4) is 0 Å². The SMILES string of the molecule is Cc1ccc(-n2c(C)cc(/C=N\NC(=O)c3ccccc3Cl)c2C)cc1Cl. The summed E-state index contributed by atoms with van der Waals surface area (Å²) in [5, 5.41) is 5.19. The molecule has 0 unspecified atom stereocenters. The molecule has 4 nitrogen and oxygen atoms in total. The van der Waals surface area contributed by atoms with E-state index in [1.54, 1.807) is 30.5 Å². The molecule has 0 aliphatic carbocycles. The minimum absolute atomic E-state index is 0.351. The number of halogens is 2. The van der Waals surface area contributed by atoms with Crippen molar-refractivity contribution >= 4 is 35.3 Å². The molecule has 0 radical (unpaired) electrons. The molecule has 0 fully saturated rings. The topological polar surface area (TPSA) is 46.4 Å². The van der Waals surface area contributed by atoms with Crippen molar-refractivity contribution in [3.05, 3.63) is 86.7 Å². The average Bonchev–Trinajstić information content (AvgIpc) is 2.91. The molecule has 27 heavy (non-hydrogen) atoms. The Morgan fingerprint density at radius 2 is 1.78 bits per heavy atom. The van der Waals surface area contributed by atoms with Gasteiger partial charge in [-0.25, -0.2) is 5.43 Å². The maximum atomic E-state index is 12.2. The maximum Gasteiger partial charge on any atom is 0.272 e. The van der Waals surface area contributed by atoms with Gasteiger partial charge in [-0.2, -0.15) is 5.10 Å². The van der Waals surface area contributed by atoms with Gasteiger partial charge in [-0.1, -0.05) is 41.4 Å². The molecule has 0 aliphatic rings. The molecule has 3 rings (SSSR count). The van der Waals surface area contributed by atoms with Crippen molar-refractivity contribution < 1.29 is 4.79 Å². The third-order valence-electron chi connectivity index (χ3n) is 4.37. The van der Waals surface area contributed by atoms with Crippen molar-refractivity contribution in [1.29, 1.82) is 0 Å². The number of carbonyl (C=O) groups excluding carboxylic acids is 1. The van der Waals surface area contributed by atoms with E-state index in [2.05, 4.69) is 15.1 Å². The molecule has 2 aromatic carbocycles. The number of aryl methyl sites for hydroxylation is 2. The first-order valence-electron chi connectivity index (χ1n) is 8.42. The first-order chi connectivity index (χ1) is 12.9. The second-order valence-corrected chi connectivity index (χ2v) is 7.09. The van der Waals surface area contributed by atoms with E-state index in [-0.39, 0.29) is 5.91 Å². The summed E-state index contributed by atoms with van der Waals surface area (Å²) in [4.78, 5) is 12.2. The lowest BCUT2D eigenvalue weighted by Gasteiger charge is -2.11. The van der Waals surface area contributed by atoms with Crippen molar-refractivity contribution in [3.8, 4) is 5.69 Å². The van der Waals surface area contributed by atoms with E-state index in [4.69, 9.17) is 23.2 Å². The fourth-order valence-electron chi connectivity index (χ4n) is 2.90. The third kappa shape index (κ3) is 4.07. The number of amides is 1. The number of nitrogens with one attached hydrogen (secondary N) is 1. The molecule has 0 saturated heterocycles. The highest BCUT2D eigenvalue weighted by Crippen LogP contribution is 2.24. The number of carbonyl (C=O) groups is 1. The highest BCUT2D eigenvalue weighted by molar-refractivity contribution is 6.33. The number of benzene rings is 2. The molecule has 0 atom stereocenters. The Kier molecular flexibility index (Phi) is 5.68. The number of nitrogens with zero attached hydrogens (tertiary/aromatic N) is 2. The summed E-state index contributed by atoms with van der Waals surface area (Å²) in [6.07, 6.45) is 1.63. The van der Waals surface area contributed by atoms with E-state index in [9.17, 15) is 4.79 Å². The van der Waals surface area contributed by atoms with Gasteiger partial charge >= 0.3 is 0 Å². The summed E-state index contributed by atoms with van der Waals surface area (Å²) in [7, 11) is 0. The Morgan fingerprint density at radius 3 is 2.48 bits per heavy atom. The highest BCUT2D eigenvalue weighted by Gasteiger charge is 2.11. The Morgan fingerprint density at radius 1 is 1.04 bits per heavy atom. The lowest BCUT2D eigenvalue weighted by atomic mass is 10.2. The van der Waals surface area contributed by atoms with E-state index in [1.165, 1.54) is 0 Å². The van der Waals surface area contributed by atoms with Gasteiger partial charge in [-0.15, -0.1) is 0 Å². The molecule has 1 heterocycles. The number of aromatic nitrogens is 1. The standard InChI is InChI=1S/C21H19Cl2N3O/c1-13-8-9-17(11-20(13)23)26-14(2)10-16(15(26)3)12-24-25-21(27)18-6-4-5-7-19(18)22/h4-12H,1-3H3,(H,25,27)/b24-12-. The van der Waals surface area contributed by atoms with Gasteiger partial charge in [-0.3, -0.25) is 4.79 Å². The molecule has 3 aromatic rings. The van der Waals surface area contributed by atoms with Gasteiger partial charge in [0.05, 0.1) is 16.8 Å². The average molecular weight is 400 g/mol. The van der Waals surface area contributed by atoms with Crippen LogP contribution in [0, 0.1) is 20.8 Å². The Labute approximate surface area is 168 Å². The number of hydrogen-bond acceptors (Lipinski definition) is 2. The van der Waals surface area contributed by atoms with Gasteiger partial charge in [0.1, 0.15) is 0 Å². The van der Waals surface area contributed by atoms with Crippen molar-refractivity contribution in [2.45, 2.75) is 20.8 Å². The zero-order valence-corrected chi connectivity index (χ0v) is 16.8. The molecule has 1 amide bonds. The molecular formula is C21H19Cl2N3O. The Hall–Kier alpha value is -2.56. The number of hydrazone groups is 1. The van der Waals surface area contributed by atoms with Crippen LogP contribution in [-0.4, -0.2) is 16.7 Å². The molecule has 1 N–H and O–H groups in total. The predicted molar refractivity (Wildman–Crippen MR) is 112 cm³/mol. The van der Waals surface area contributed by atoms with Crippen LogP contribution in [0.2, 0.25) is 10.0 Å². The summed E-state index contributed by atoms with van der Waals surface area (Å²) in [6, 6.07) is 14.8. The summed E-state index contributed by atoms with van der Waals surface area (Å²) in [5.41, 5.74) is 7.88. The molecule has 1 aromatic heterocycles. The first kappa shape index (κ1) is 19.2. The molecule has 0 saturated carbocycles. The Balaban J connectivity index is 1.82. The first-order valence-corrected chi connectivity index (χ1v) is 9.17. The van der Waals surface area contributed by atoms with E-state index in [0.717, 1.165) is 33.2 Å². The van der Waals surface area contributed by atoms with Crippen LogP contribution in [0.1, 0.15) is 32.9 Å². The zero-order chi connectivity index (χ0) is 19.6. The maximum absolute atomic E-state index is 12.2. The number of rotatable bonds is 4. The largest absolute Gasteiger partial charge is 0.318 e. The summed E-state index contributed by atoms with van der Waals surface area (Å²) < 4.78 is 2.10. The number of hydrogen-bond donors (Lipinski definition) is 1. The van der Waals surface area contributed by atoms with Gasteiger partial charge in [0.15, 0.2) is 0 Å². The molecular weight excluding hydrogens is 381 g/mol. The van der Waals surface area contributed by atoms with Crippen LogP contribution >= 0.6 is 23.2 Å². The van der Waals surface area contributed by atoms with E-state index in [1.807, 2.05) is 45.0 Å². The lowest BCUT2D eigenvalue weighted by Crippen LogP contribution is -2.18. The van der Waals surface area contributed by atoms with Crippen molar-refractivity contribution in [3.63, 3.8) is 0 Å². The van der Waals surface area contributed by atoms with E-state index < -0.39 is 0 Å². The van der Waals surface area contributed by atoms with Gasteiger partial charge < -0.3 is 4.57 Å². The summed E-state index contributed by atoms with van der Waals surface area (Å²) in [6.45, 7) is 5.99. The Bertz CT molecular complexity index is 1040. The van der Waals surface area contributed by atoms with Crippen LogP contribution in [-0.2, 0) is 0 Å². The molecule has 138 valence electrons. The van der Waals surface area contributed by atoms with Crippen molar-refractivity contribution in [1.82, 2.24) is 9.99 Å². The van der Waals surface area contributed by atoms with Crippen LogP contribution < -0.4 is 5.43 Å². The second kappa shape index (κ2) is 7.99. The second-order valence-electron chi connectivity index (χ2n) is 6.27.